The van der Waals surface area contributed by atoms with Crippen molar-refractivity contribution in [2.45, 2.75) is 45.8 Å². The molecule has 0 aromatic carbocycles. The summed E-state index contributed by atoms with van der Waals surface area (Å²) in [7, 11) is 0. The Morgan fingerprint density at radius 3 is 2.58 bits per heavy atom. The predicted molar refractivity (Wildman–Crippen MR) is 77.0 cm³/mol. The molecule has 5 heteroatoms. The third-order valence-corrected chi connectivity index (χ3v) is 3.64. The Labute approximate surface area is 117 Å². The highest BCUT2D eigenvalue weighted by molar-refractivity contribution is 5.85. The lowest BCUT2D eigenvalue weighted by Gasteiger charge is -2.25. The smallest absolute Gasteiger partial charge is 0.242 e. The molecule has 112 valence electrons. The number of amides is 1. The number of likely N-dealkylation sites (N-methyl/N-ethyl adjacent to an activating group) is 1. The monoisotopic (exact) mass is 271 g/mol. The van der Waals surface area contributed by atoms with Crippen molar-refractivity contribution < 1.29 is 9.53 Å². The molecule has 1 aliphatic heterocycles. The Morgan fingerprint density at radius 2 is 2.05 bits per heavy atom. The summed E-state index contributed by atoms with van der Waals surface area (Å²) >= 11 is 0. The molecule has 1 fully saturated rings. The number of carbonyl (C=O) groups is 1. The molecule has 1 heterocycles. The third kappa shape index (κ3) is 5.09. The molecule has 5 nitrogen and oxygen atoms in total. The molecule has 0 spiro atoms. The number of rotatable bonds is 7. The summed E-state index contributed by atoms with van der Waals surface area (Å²) in [5.74, 6) is 0.0161. The van der Waals surface area contributed by atoms with Crippen LogP contribution < -0.4 is 5.73 Å². The van der Waals surface area contributed by atoms with Crippen LogP contribution in [0.4, 0.5) is 0 Å². The van der Waals surface area contributed by atoms with Crippen LogP contribution in [0.2, 0.25) is 0 Å². The molecule has 1 aliphatic rings. The fraction of sp³-hybridized carbons (Fsp3) is 0.929. The minimum Gasteiger partial charge on any atom is -0.375 e. The Kier molecular flexibility index (Phi) is 6.23. The molecule has 1 atom stereocenters. The van der Waals surface area contributed by atoms with Crippen LogP contribution in [0.25, 0.3) is 0 Å². The van der Waals surface area contributed by atoms with Gasteiger partial charge >= 0.3 is 0 Å². The van der Waals surface area contributed by atoms with E-state index >= 15 is 0 Å². The van der Waals surface area contributed by atoms with Gasteiger partial charge < -0.3 is 20.3 Å². The van der Waals surface area contributed by atoms with E-state index in [1.54, 1.807) is 13.8 Å². The van der Waals surface area contributed by atoms with Gasteiger partial charge in [-0.1, -0.05) is 13.8 Å². The molecule has 0 aromatic rings. The van der Waals surface area contributed by atoms with Crippen molar-refractivity contribution in [3.8, 4) is 0 Å². The largest absolute Gasteiger partial charge is 0.375 e. The number of hydrogen-bond acceptors (Lipinski definition) is 4. The second kappa shape index (κ2) is 7.22. The molecule has 2 N–H and O–H groups in total. The van der Waals surface area contributed by atoms with Crippen LogP contribution in [0.3, 0.4) is 0 Å². The third-order valence-electron chi connectivity index (χ3n) is 3.64. The number of carbonyl (C=O) groups excluding carboxylic acids is 1. The highest BCUT2D eigenvalue weighted by Crippen LogP contribution is 2.16. The van der Waals surface area contributed by atoms with E-state index in [-0.39, 0.29) is 12.0 Å². The van der Waals surface area contributed by atoms with Gasteiger partial charge in [0.05, 0.1) is 18.2 Å². The average Bonchev–Trinajstić information content (AvgIpc) is 2.81. The summed E-state index contributed by atoms with van der Waals surface area (Å²) in [5.41, 5.74) is 5.06. The molecule has 1 unspecified atom stereocenters. The zero-order valence-corrected chi connectivity index (χ0v) is 12.8. The number of nitrogens with zero attached hydrogens (tertiary/aromatic N) is 2. The van der Waals surface area contributed by atoms with Gasteiger partial charge in [0.25, 0.3) is 0 Å². The molecule has 0 saturated carbocycles. The summed E-state index contributed by atoms with van der Waals surface area (Å²) in [6, 6.07) is 0. The normalized spacial score (nSPS) is 20.3. The first kappa shape index (κ1) is 16.4. The van der Waals surface area contributed by atoms with E-state index in [2.05, 4.69) is 18.7 Å². The van der Waals surface area contributed by atoms with Gasteiger partial charge in [-0.2, -0.15) is 0 Å². The first-order valence-electron chi connectivity index (χ1n) is 7.30. The molecule has 1 rings (SSSR count). The highest BCUT2D eigenvalue weighted by atomic mass is 16.5. The standard InChI is InChI=1S/C14H29N3O2/c1-5-16(6-2)9-10-19-12-7-8-17(11-12)13(18)14(3,4)15/h12H,5-11,15H2,1-4H3. The van der Waals surface area contributed by atoms with E-state index in [0.29, 0.717) is 6.54 Å². The van der Waals surface area contributed by atoms with Crippen molar-refractivity contribution in [1.82, 2.24) is 9.80 Å². The van der Waals surface area contributed by atoms with Gasteiger partial charge in [0, 0.05) is 19.6 Å². The fourth-order valence-electron chi connectivity index (χ4n) is 2.34. The molecular weight excluding hydrogens is 242 g/mol. The van der Waals surface area contributed by atoms with E-state index in [9.17, 15) is 4.79 Å². The van der Waals surface area contributed by atoms with E-state index in [1.165, 1.54) is 0 Å². The van der Waals surface area contributed by atoms with Crippen molar-refractivity contribution in [2.75, 3.05) is 39.3 Å². The number of hydrogen-bond donors (Lipinski definition) is 1. The first-order valence-corrected chi connectivity index (χ1v) is 7.30. The summed E-state index contributed by atoms with van der Waals surface area (Å²) in [4.78, 5) is 16.2. The lowest BCUT2D eigenvalue weighted by Crippen LogP contribution is -2.50. The maximum Gasteiger partial charge on any atom is 0.242 e. The second-order valence-corrected chi connectivity index (χ2v) is 5.78. The minimum absolute atomic E-state index is 0.0161. The van der Waals surface area contributed by atoms with Crippen molar-refractivity contribution >= 4 is 5.91 Å². The van der Waals surface area contributed by atoms with Crippen LogP contribution >= 0.6 is 0 Å². The van der Waals surface area contributed by atoms with Crippen molar-refractivity contribution in [2.24, 2.45) is 5.73 Å². The second-order valence-electron chi connectivity index (χ2n) is 5.78. The minimum atomic E-state index is -0.782. The van der Waals surface area contributed by atoms with Gasteiger partial charge in [-0.3, -0.25) is 4.79 Å². The van der Waals surface area contributed by atoms with Gasteiger partial charge in [0.15, 0.2) is 0 Å². The Bertz CT molecular complexity index is 285. The maximum absolute atomic E-state index is 12.0. The molecule has 0 bridgehead atoms. The Morgan fingerprint density at radius 1 is 1.42 bits per heavy atom. The molecule has 0 radical (unpaired) electrons. The molecule has 1 amide bonds. The Balaban J connectivity index is 2.27. The molecule has 1 saturated heterocycles. The van der Waals surface area contributed by atoms with Gasteiger partial charge in [-0.25, -0.2) is 0 Å². The van der Waals surface area contributed by atoms with Gasteiger partial charge in [-0.15, -0.1) is 0 Å². The topological polar surface area (TPSA) is 58.8 Å². The molecule has 19 heavy (non-hydrogen) atoms. The molecular formula is C14H29N3O2. The van der Waals surface area contributed by atoms with Crippen molar-refractivity contribution in [1.29, 1.82) is 0 Å². The summed E-state index contributed by atoms with van der Waals surface area (Å²) in [5, 5.41) is 0. The molecule has 0 aliphatic carbocycles. The fourth-order valence-corrected chi connectivity index (χ4v) is 2.34. The molecule has 0 aromatic heterocycles. The van der Waals surface area contributed by atoms with Crippen LogP contribution in [-0.2, 0) is 9.53 Å². The van der Waals surface area contributed by atoms with Crippen LogP contribution in [0, 0.1) is 0 Å². The lowest BCUT2D eigenvalue weighted by atomic mass is 10.1. The predicted octanol–water partition coefficient (Wildman–Crippen LogP) is 0.683. The van der Waals surface area contributed by atoms with Gasteiger partial charge in [-0.05, 0) is 33.4 Å². The zero-order chi connectivity index (χ0) is 14.5. The maximum atomic E-state index is 12.0. The summed E-state index contributed by atoms with van der Waals surface area (Å²) in [6.45, 7) is 13.1. The van der Waals surface area contributed by atoms with Gasteiger partial charge in [0.2, 0.25) is 5.91 Å². The Hall–Kier alpha value is -0.650. The summed E-state index contributed by atoms with van der Waals surface area (Å²) < 4.78 is 5.85. The zero-order valence-electron chi connectivity index (χ0n) is 12.8. The van der Waals surface area contributed by atoms with Crippen LogP contribution in [-0.4, -0.2) is 66.7 Å². The number of nitrogens with two attached hydrogens (primary N) is 1. The van der Waals surface area contributed by atoms with E-state index in [4.69, 9.17) is 10.5 Å². The van der Waals surface area contributed by atoms with Gasteiger partial charge in [0.1, 0.15) is 0 Å². The van der Waals surface area contributed by atoms with E-state index in [1.807, 2.05) is 4.90 Å². The quantitative estimate of drug-likeness (QED) is 0.740. The highest BCUT2D eigenvalue weighted by Gasteiger charge is 2.33. The lowest BCUT2D eigenvalue weighted by molar-refractivity contribution is -0.135. The number of ether oxygens (including phenoxy) is 1. The number of likely N-dealkylation sites (tertiary alicyclic amines) is 1. The van der Waals surface area contributed by atoms with Crippen LogP contribution in [0.15, 0.2) is 0 Å². The van der Waals surface area contributed by atoms with E-state index in [0.717, 1.165) is 39.2 Å². The van der Waals surface area contributed by atoms with Crippen LogP contribution in [0.1, 0.15) is 34.1 Å². The van der Waals surface area contributed by atoms with E-state index < -0.39 is 5.54 Å². The first-order chi connectivity index (χ1) is 8.88. The summed E-state index contributed by atoms with van der Waals surface area (Å²) in [6.07, 6.45) is 1.09. The van der Waals surface area contributed by atoms with Crippen LogP contribution in [0.5, 0.6) is 0 Å². The van der Waals surface area contributed by atoms with Crippen molar-refractivity contribution in [3.05, 3.63) is 0 Å². The SMILES string of the molecule is CCN(CC)CCOC1CCN(C(=O)C(C)(C)N)C1. The van der Waals surface area contributed by atoms with Crippen molar-refractivity contribution in [3.63, 3.8) is 0 Å². The average molecular weight is 271 g/mol.